The molecule has 2 heterocycles. The second-order valence-electron chi connectivity index (χ2n) is 12.1. The lowest BCUT2D eigenvalue weighted by atomic mass is 9.91. The molecule has 1 saturated carbocycles. The molecule has 1 aromatic carbocycles. The monoisotopic (exact) mass is 607 g/mol. The molecule has 1 aliphatic carbocycles. The van der Waals surface area contributed by atoms with Crippen LogP contribution in [0.15, 0.2) is 36.5 Å². The summed E-state index contributed by atoms with van der Waals surface area (Å²) in [5, 5.41) is 13.2. The molecule has 2 aliphatic rings. The number of benzene rings is 1. The van der Waals surface area contributed by atoms with E-state index >= 15 is 0 Å². The minimum atomic E-state index is -0.622. The fourth-order valence-corrected chi connectivity index (χ4v) is 6.11. The van der Waals surface area contributed by atoms with E-state index in [9.17, 15) is 19.2 Å². The Balaban J connectivity index is 1.39. The Hall–Kier alpha value is -3.73. The number of aromatic nitrogens is 2. The largest absolute Gasteiger partial charge is 0.350 e. The minimum absolute atomic E-state index is 0.0511. The first kappa shape index (κ1) is 33.2. The van der Waals surface area contributed by atoms with Crippen molar-refractivity contribution in [3.05, 3.63) is 53.3 Å². The van der Waals surface area contributed by atoms with Crippen molar-refractivity contribution in [2.45, 2.75) is 90.4 Å². The number of piperazine rings is 1. The predicted molar refractivity (Wildman–Crippen MR) is 169 cm³/mol. The van der Waals surface area contributed by atoms with Crippen LogP contribution in [0.3, 0.4) is 0 Å². The fourth-order valence-electron chi connectivity index (χ4n) is 6.11. The normalized spacial score (nSPS) is 17.8. The number of nitrogens with zero attached hydrogens (tertiary/aromatic N) is 4. The average molecular weight is 608 g/mol. The summed E-state index contributed by atoms with van der Waals surface area (Å²) < 4.78 is 1.63. The number of amides is 4. The van der Waals surface area contributed by atoms with E-state index in [1.807, 2.05) is 43.1 Å². The third-order valence-electron chi connectivity index (χ3n) is 8.89. The first-order valence-corrected chi connectivity index (χ1v) is 16.2. The van der Waals surface area contributed by atoms with E-state index < -0.39 is 12.1 Å². The van der Waals surface area contributed by atoms with Crippen LogP contribution in [0.4, 0.5) is 0 Å². The molecule has 2 aromatic rings. The summed E-state index contributed by atoms with van der Waals surface area (Å²) in [6.45, 7) is 7.53. The molecule has 240 valence electrons. The zero-order valence-electron chi connectivity index (χ0n) is 26.5. The van der Waals surface area contributed by atoms with Gasteiger partial charge in [0, 0.05) is 58.3 Å². The molecule has 1 aromatic heterocycles. The predicted octanol–water partition coefficient (Wildman–Crippen LogP) is 2.50. The zero-order valence-corrected chi connectivity index (χ0v) is 26.5. The van der Waals surface area contributed by atoms with E-state index in [2.05, 4.69) is 25.9 Å². The lowest BCUT2D eigenvalue weighted by Gasteiger charge is -2.34. The topological polar surface area (TPSA) is 129 Å². The zero-order chi connectivity index (χ0) is 31.5. The van der Waals surface area contributed by atoms with Crippen LogP contribution in [0.25, 0.3) is 0 Å². The van der Waals surface area contributed by atoms with Crippen LogP contribution in [0.1, 0.15) is 80.4 Å². The Morgan fingerprint density at radius 2 is 1.55 bits per heavy atom. The number of carbonyl (C=O) groups is 4. The van der Waals surface area contributed by atoms with Gasteiger partial charge in [0.05, 0.1) is 0 Å². The van der Waals surface area contributed by atoms with Gasteiger partial charge in [0.25, 0.3) is 5.91 Å². The van der Waals surface area contributed by atoms with Gasteiger partial charge in [0.1, 0.15) is 17.8 Å². The quantitative estimate of drug-likeness (QED) is 0.318. The van der Waals surface area contributed by atoms with Crippen molar-refractivity contribution in [3.63, 3.8) is 0 Å². The van der Waals surface area contributed by atoms with Gasteiger partial charge in [-0.05, 0) is 49.9 Å². The highest BCUT2D eigenvalue weighted by molar-refractivity contribution is 5.96. The number of likely N-dealkylation sites (N-methyl/N-ethyl adjacent to an activating group) is 1. The lowest BCUT2D eigenvalue weighted by molar-refractivity contribution is -0.137. The van der Waals surface area contributed by atoms with Gasteiger partial charge in [0.15, 0.2) is 0 Å². The summed E-state index contributed by atoms with van der Waals surface area (Å²) >= 11 is 0. The van der Waals surface area contributed by atoms with Gasteiger partial charge < -0.3 is 25.8 Å². The maximum Gasteiger partial charge on any atom is 0.270 e. The van der Waals surface area contributed by atoms with Crippen molar-refractivity contribution in [2.24, 2.45) is 5.92 Å². The molecule has 4 rings (SSSR count). The first-order chi connectivity index (χ1) is 21.3. The van der Waals surface area contributed by atoms with Crippen molar-refractivity contribution in [2.75, 3.05) is 33.2 Å². The Morgan fingerprint density at radius 1 is 0.886 bits per heavy atom. The molecular formula is C33H49N7O4. The summed E-state index contributed by atoms with van der Waals surface area (Å²) in [4.78, 5) is 56.3. The van der Waals surface area contributed by atoms with Crippen LogP contribution in [-0.4, -0.2) is 88.5 Å². The highest BCUT2D eigenvalue weighted by Gasteiger charge is 2.31. The Bertz CT molecular complexity index is 1250. The van der Waals surface area contributed by atoms with Crippen LogP contribution in [-0.2, 0) is 33.9 Å². The van der Waals surface area contributed by atoms with E-state index in [0.717, 1.165) is 62.7 Å². The molecule has 2 atom stereocenters. The van der Waals surface area contributed by atoms with E-state index in [4.69, 9.17) is 0 Å². The molecule has 0 radical (unpaired) electrons. The molecule has 1 saturated heterocycles. The maximum atomic E-state index is 13.5. The van der Waals surface area contributed by atoms with Crippen molar-refractivity contribution in [1.29, 1.82) is 0 Å². The number of hydrogen-bond acceptors (Lipinski definition) is 6. The number of carbonyl (C=O) groups excluding carboxylic acids is 4. The SMILES string of the molecule is CCC(=O)NC(Cc1ccc(CNC(=O)[C@@H](NC(=O)c2ccnn2CC)C2CCCCCC2)cc1)C(=O)N1CCN(C)CC1. The van der Waals surface area contributed by atoms with Crippen molar-refractivity contribution >= 4 is 23.6 Å². The molecular weight excluding hydrogens is 558 g/mol. The van der Waals surface area contributed by atoms with E-state index in [-0.39, 0.29) is 29.5 Å². The maximum absolute atomic E-state index is 13.5. The summed E-state index contributed by atoms with van der Waals surface area (Å²) in [7, 11) is 2.04. The van der Waals surface area contributed by atoms with Gasteiger partial charge >= 0.3 is 0 Å². The van der Waals surface area contributed by atoms with Gasteiger partial charge in [-0.3, -0.25) is 23.9 Å². The lowest BCUT2D eigenvalue weighted by Crippen LogP contribution is -2.54. The number of nitrogens with one attached hydrogen (secondary N) is 3. The van der Waals surface area contributed by atoms with Crippen molar-refractivity contribution in [1.82, 2.24) is 35.5 Å². The number of aryl methyl sites for hydroxylation is 1. The third-order valence-corrected chi connectivity index (χ3v) is 8.89. The second kappa shape index (κ2) is 16.4. The Morgan fingerprint density at radius 3 is 2.18 bits per heavy atom. The molecule has 1 aliphatic heterocycles. The second-order valence-corrected chi connectivity index (χ2v) is 12.1. The highest BCUT2D eigenvalue weighted by Crippen LogP contribution is 2.26. The van der Waals surface area contributed by atoms with Crippen LogP contribution >= 0.6 is 0 Å². The van der Waals surface area contributed by atoms with E-state index in [1.54, 1.807) is 23.9 Å². The van der Waals surface area contributed by atoms with Gasteiger partial charge in [-0.15, -0.1) is 0 Å². The first-order valence-electron chi connectivity index (χ1n) is 16.2. The summed E-state index contributed by atoms with van der Waals surface area (Å²) in [6, 6.07) is 8.20. The van der Waals surface area contributed by atoms with Crippen LogP contribution in [0, 0.1) is 5.92 Å². The number of rotatable bonds is 12. The fraction of sp³-hybridized carbons (Fsp3) is 0.606. The molecule has 11 heteroatoms. The van der Waals surface area contributed by atoms with E-state index in [0.29, 0.717) is 44.7 Å². The summed E-state index contributed by atoms with van der Waals surface area (Å²) in [5.74, 6) is -0.586. The van der Waals surface area contributed by atoms with Gasteiger partial charge in [-0.2, -0.15) is 5.10 Å². The smallest absolute Gasteiger partial charge is 0.270 e. The van der Waals surface area contributed by atoms with Crippen molar-refractivity contribution < 1.29 is 19.2 Å². The van der Waals surface area contributed by atoms with Gasteiger partial charge in [0.2, 0.25) is 17.7 Å². The summed E-state index contributed by atoms with van der Waals surface area (Å²) in [5.41, 5.74) is 2.30. The van der Waals surface area contributed by atoms with E-state index in [1.165, 1.54) is 0 Å². The molecule has 4 amide bonds. The minimum Gasteiger partial charge on any atom is -0.350 e. The third kappa shape index (κ3) is 9.14. The van der Waals surface area contributed by atoms with Gasteiger partial charge in [-0.1, -0.05) is 56.9 Å². The van der Waals surface area contributed by atoms with Crippen LogP contribution in [0.2, 0.25) is 0 Å². The highest BCUT2D eigenvalue weighted by atomic mass is 16.2. The Kier molecular flexibility index (Phi) is 12.3. The molecule has 0 bridgehead atoms. The summed E-state index contributed by atoms with van der Waals surface area (Å²) in [6.07, 6.45) is 8.53. The van der Waals surface area contributed by atoms with Crippen LogP contribution in [0.5, 0.6) is 0 Å². The molecule has 2 fully saturated rings. The van der Waals surface area contributed by atoms with Crippen molar-refractivity contribution in [3.8, 4) is 0 Å². The van der Waals surface area contributed by atoms with Gasteiger partial charge in [-0.25, -0.2) is 0 Å². The Labute approximate surface area is 261 Å². The average Bonchev–Trinajstić information content (AvgIpc) is 3.37. The molecule has 1 unspecified atom stereocenters. The molecule has 3 N–H and O–H groups in total. The molecule has 11 nitrogen and oxygen atoms in total. The molecule has 44 heavy (non-hydrogen) atoms. The standard InChI is InChI=1S/C33H49N7O4/c1-4-29(41)36-27(33(44)39-20-18-38(3)19-21-39)22-24-12-14-25(15-13-24)23-34-32(43)30(26-10-8-6-7-9-11-26)37-31(42)28-16-17-35-40(28)5-2/h12-17,26-27,30H,4-11,18-23H2,1-3H3,(H,34,43)(H,36,41)(H,37,42)/t27?,30-/m0/s1. The number of hydrogen-bond donors (Lipinski definition) is 3. The molecule has 0 spiro atoms. The van der Waals surface area contributed by atoms with Crippen LogP contribution < -0.4 is 16.0 Å².